The van der Waals surface area contributed by atoms with Gasteiger partial charge in [-0.15, -0.1) is 12.6 Å². The summed E-state index contributed by atoms with van der Waals surface area (Å²) in [5.41, 5.74) is 3.91. The second-order valence-electron chi connectivity index (χ2n) is 4.89. The third kappa shape index (κ3) is 7.16. The van der Waals surface area contributed by atoms with Crippen LogP contribution in [0.3, 0.4) is 0 Å². The van der Waals surface area contributed by atoms with Crippen molar-refractivity contribution in [1.29, 1.82) is 0 Å². The van der Waals surface area contributed by atoms with Crippen molar-refractivity contribution in [2.45, 2.75) is 31.2 Å². The second-order valence-corrected chi connectivity index (χ2v) is 5.41. The fourth-order valence-electron chi connectivity index (χ4n) is 1.93. The van der Waals surface area contributed by atoms with Gasteiger partial charge in [-0.3, -0.25) is 0 Å². The van der Waals surface area contributed by atoms with Gasteiger partial charge in [0.1, 0.15) is 0 Å². The lowest BCUT2D eigenvalue weighted by Gasteiger charge is -1.98. The Balaban J connectivity index is 0.000000211. The van der Waals surface area contributed by atoms with E-state index >= 15 is 0 Å². The lowest BCUT2D eigenvalue weighted by molar-refractivity contribution is 0.817. The van der Waals surface area contributed by atoms with Gasteiger partial charge in [-0.05, 0) is 42.3 Å². The van der Waals surface area contributed by atoms with Crippen LogP contribution in [-0.2, 0) is 13.0 Å². The lowest BCUT2D eigenvalue weighted by atomic mass is 10.1. The number of thiol groups is 1. The number of aryl methyl sites for hydroxylation is 1. The predicted molar refractivity (Wildman–Crippen MR) is 97.0 cm³/mol. The molecular formula is C19H25NS. The highest BCUT2D eigenvalue weighted by Gasteiger charge is 1.89. The minimum Gasteiger partial charge on any atom is -0.316 e. The van der Waals surface area contributed by atoms with Gasteiger partial charge in [0.05, 0.1) is 0 Å². The summed E-state index contributed by atoms with van der Waals surface area (Å²) >= 11 is 4.18. The molecular weight excluding hydrogens is 274 g/mol. The molecule has 0 aliphatic rings. The summed E-state index contributed by atoms with van der Waals surface area (Å²) in [6.07, 6.45) is 4.26. The fraction of sp³-hybridized carbons (Fsp3) is 0.263. The van der Waals surface area contributed by atoms with E-state index in [1.807, 2.05) is 25.3 Å². The normalized spacial score (nSPS) is 9.67. The molecule has 2 aromatic rings. The molecule has 0 amide bonds. The van der Waals surface area contributed by atoms with Gasteiger partial charge in [0.2, 0.25) is 0 Å². The Bertz CT molecular complexity index is 514. The van der Waals surface area contributed by atoms with Crippen molar-refractivity contribution >= 4 is 18.7 Å². The Labute approximate surface area is 134 Å². The quantitative estimate of drug-likeness (QED) is 0.742. The third-order valence-corrected chi connectivity index (χ3v) is 3.37. The molecule has 0 aliphatic carbocycles. The molecule has 21 heavy (non-hydrogen) atoms. The van der Waals surface area contributed by atoms with E-state index in [-0.39, 0.29) is 0 Å². The molecule has 2 rings (SSSR count). The average molecular weight is 299 g/mol. The summed E-state index contributed by atoms with van der Waals surface area (Å²) in [5.74, 6) is 0. The molecule has 112 valence electrons. The lowest BCUT2D eigenvalue weighted by Crippen LogP contribution is -2.04. The summed E-state index contributed by atoms with van der Waals surface area (Å²) < 4.78 is 0. The average Bonchev–Trinajstić information content (AvgIpc) is 2.52. The van der Waals surface area contributed by atoms with E-state index in [9.17, 15) is 0 Å². The second kappa shape index (κ2) is 10.3. The number of benzene rings is 2. The SMILES string of the molecule is C=Cc1ccc(CCC)cc1.CNCc1ccc(S)cc1. The molecule has 2 heteroatoms. The monoisotopic (exact) mass is 299 g/mol. The summed E-state index contributed by atoms with van der Waals surface area (Å²) in [6.45, 7) is 6.83. The first-order chi connectivity index (χ1) is 10.2. The van der Waals surface area contributed by atoms with Gasteiger partial charge in [-0.2, -0.15) is 0 Å². The Morgan fingerprint density at radius 3 is 2.05 bits per heavy atom. The molecule has 0 radical (unpaired) electrons. The van der Waals surface area contributed by atoms with Gasteiger partial charge in [-0.1, -0.05) is 62.4 Å². The molecule has 0 fully saturated rings. The van der Waals surface area contributed by atoms with E-state index in [0.29, 0.717) is 0 Å². The minimum atomic E-state index is 0.925. The Morgan fingerprint density at radius 2 is 1.57 bits per heavy atom. The number of hydrogen-bond acceptors (Lipinski definition) is 2. The van der Waals surface area contributed by atoms with Crippen LogP contribution in [0.15, 0.2) is 60.0 Å². The molecule has 1 N–H and O–H groups in total. The van der Waals surface area contributed by atoms with Crippen LogP contribution in [0.25, 0.3) is 6.08 Å². The Hall–Kier alpha value is -1.51. The first-order valence-electron chi connectivity index (χ1n) is 7.33. The molecule has 1 nitrogen and oxygen atoms in total. The van der Waals surface area contributed by atoms with Crippen molar-refractivity contribution in [2.75, 3.05) is 7.05 Å². The van der Waals surface area contributed by atoms with Crippen molar-refractivity contribution in [1.82, 2.24) is 5.32 Å². The molecule has 0 saturated carbocycles. The maximum absolute atomic E-state index is 4.18. The highest BCUT2D eigenvalue weighted by Crippen LogP contribution is 2.07. The molecule has 0 heterocycles. The van der Waals surface area contributed by atoms with E-state index in [4.69, 9.17) is 0 Å². The maximum Gasteiger partial charge on any atom is 0.0202 e. The van der Waals surface area contributed by atoms with Gasteiger partial charge in [-0.25, -0.2) is 0 Å². The van der Waals surface area contributed by atoms with Crippen LogP contribution in [0.5, 0.6) is 0 Å². The molecule has 2 aromatic carbocycles. The van der Waals surface area contributed by atoms with Crippen LogP contribution >= 0.6 is 12.6 Å². The highest BCUT2D eigenvalue weighted by atomic mass is 32.1. The Kier molecular flexibility index (Phi) is 8.56. The van der Waals surface area contributed by atoms with E-state index in [1.165, 1.54) is 29.5 Å². The van der Waals surface area contributed by atoms with Gasteiger partial charge in [0.25, 0.3) is 0 Å². The molecule has 0 atom stereocenters. The topological polar surface area (TPSA) is 12.0 Å². The number of rotatable bonds is 5. The third-order valence-electron chi connectivity index (χ3n) is 3.07. The van der Waals surface area contributed by atoms with Crippen LogP contribution in [0.1, 0.15) is 30.0 Å². The van der Waals surface area contributed by atoms with Gasteiger partial charge in [0, 0.05) is 11.4 Å². The fourth-order valence-corrected chi connectivity index (χ4v) is 2.08. The van der Waals surface area contributed by atoms with Crippen molar-refractivity contribution in [3.63, 3.8) is 0 Å². The van der Waals surface area contributed by atoms with Crippen LogP contribution in [0.4, 0.5) is 0 Å². The number of hydrogen-bond donors (Lipinski definition) is 2. The molecule has 0 aliphatic heterocycles. The zero-order valence-electron chi connectivity index (χ0n) is 13.0. The standard InChI is InChI=1S/C11H14.C8H11NS/c1-3-5-11-8-6-10(4-2)7-9-11;1-9-6-7-2-4-8(10)5-3-7/h4,6-9H,2-3,5H2,1H3;2-5,9-10H,6H2,1H3. The molecule has 0 saturated heterocycles. The number of nitrogens with one attached hydrogen (secondary N) is 1. The first-order valence-corrected chi connectivity index (χ1v) is 7.78. The summed E-state index contributed by atoms with van der Waals surface area (Å²) in [6, 6.07) is 16.7. The zero-order valence-corrected chi connectivity index (χ0v) is 13.9. The predicted octanol–water partition coefficient (Wildman–Crippen LogP) is 4.98. The molecule has 0 aromatic heterocycles. The van der Waals surface area contributed by atoms with Crippen LogP contribution in [0.2, 0.25) is 0 Å². The van der Waals surface area contributed by atoms with E-state index in [1.54, 1.807) is 0 Å². The van der Waals surface area contributed by atoms with E-state index < -0.39 is 0 Å². The van der Waals surface area contributed by atoms with E-state index in [2.05, 4.69) is 67.8 Å². The summed E-state index contributed by atoms with van der Waals surface area (Å²) in [4.78, 5) is 1.01. The smallest absolute Gasteiger partial charge is 0.0202 e. The molecule has 0 spiro atoms. The minimum absolute atomic E-state index is 0.925. The molecule has 0 unspecified atom stereocenters. The largest absolute Gasteiger partial charge is 0.316 e. The van der Waals surface area contributed by atoms with Crippen molar-refractivity contribution in [3.05, 3.63) is 71.8 Å². The van der Waals surface area contributed by atoms with Crippen LogP contribution in [-0.4, -0.2) is 7.05 Å². The molecule has 0 bridgehead atoms. The summed E-state index contributed by atoms with van der Waals surface area (Å²) in [7, 11) is 1.94. The van der Waals surface area contributed by atoms with Gasteiger partial charge < -0.3 is 5.32 Å². The maximum atomic E-state index is 4.18. The zero-order chi connectivity index (χ0) is 15.5. The first kappa shape index (κ1) is 17.5. The van der Waals surface area contributed by atoms with Gasteiger partial charge in [0.15, 0.2) is 0 Å². The van der Waals surface area contributed by atoms with Crippen molar-refractivity contribution in [3.8, 4) is 0 Å². The summed E-state index contributed by atoms with van der Waals surface area (Å²) in [5, 5.41) is 3.08. The van der Waals surface area contributed by atoms with Crippen molar-refractivity contribution < 1.29 is 0 Å². The van der Waals surface area contributed by atoms with Gasteiger partial charge >= 0.3 is 0 Å². The van der Waals surface area contributed by atoms with Crippen LogP contribution in [0, 0.1) is 0 Å². The van der Waals surface area contributed by atoms with Crippen LogP contribution < -0.4 is 5.32 Å². The Morgan fingerprint density at radius 1 is 1.00 bits per heavy atom. The van der Waals surface area contributed by atoms with E-state index in [0.717, 1.165) is 11.4 Å². The highest BCUT2D eigenvalue weighted by molar-refractivity contribution is 7.80. The van der Waals surface area contributed by atoms with Crippen molar-refractivity contribution in [2.24, 2.45) is 0 Å².